The van der Waals surface area contributed by atoms with Crippen LogP contribution in [0.4, 0.5) is 0 Å². The highest BCUT2D eigenvalue weighted by atomic mass is 16.7. The molecule has 0 saturated carbocycles. The van der Waals surface area contributed by atoms with E-state index in [1.54, 1.807) is 20.1 Å². The maximum absolute atomic E-state index is 12.1. The molecule has 0 aromatic heterocycles. The summed E-state index contributed by atoms with van der Waals surface area (Å²) in [7, 11) is 2.98. The SMILES string of the molecule is COc1cc(C)c(C=CC(C)=CC=CC(C)=CC(=O)OC[C@H]2O[C@H](OC)[C@H](O)[C@@H](O)[C@@H]2O)c(C)c1C. The third-order valence-electron chi connectivity index (χ3n) is 6.20. The van der Waals surface area contributed by atoms with Crippen molar-refractivity contribution in [1.82, 2.24) is 0 Å². The molecule has 1 saturated heterocycles. The second kappa shape index (κ2) is 13.5. The summed E-state index contributed by atoms with van der Waals surface area (Å²) < 4.78 is 20.9. The van der Waals surface area contributed by atoms with Crippen LogP contribution in [0.25, 0.3) is 6.08 Å². The van der Waals surface area contributed by atoms with Gasteiger partial charge in [0.2, 0.25) is 0 Å². The number of allylic oxidation sites excluding steroid dienone is 6. The van der Waals surface area contributed by atoms with Crippen molar-refractivity contribution in [3.8, 4) is 5.75 Å². The maximum atomic E-state index is 12.1. The van der Waals surface area contributed by atoms with Crippen LogP contribution in [0, 0.1) is 20.8 Å². The van der Waals surface area contributed by atoms with Gasteiger partial charge in [0.15, 0.2) is 6.29 Å². The quantitative estimate of drug-likeness (QED) is 0.268. The van der Waals surface area contributed by atoms with Gasteiger partial charge in [0.05, 0.1) is 7.11 Å². The Kier molecular flexibility index (Phi) is 11.1. The molecule has 1 aromatic carbocycles. The lowest BCUT2D eigenvalue weighted by Gasteiger charge is -2.39. The average molecular weight is 503 g/mol. The second-order valence-electron chi connectivity index (χ2n) is 8.93. The summed E-state index contributed by atoms with van der Waals surface area (Å²) in [5.74, 6) is 0.264. The Morgan fingerprint density at radius 2 is 1.69 bits per heavy atom. The molecule has 2 rings (SSSR count). The van der Waals surface area contributed by atoms with Gasteiger partial charge in [-0.2, -0.15) is 0 Å². The molecule has 8 nitrogen and oxygen atoms in total. The Morgan fingerprint density at radius 3 is 2.33 bits per heavy atom. The third kappa shape index (κ3) is 7.62. The first-order valence-corrected chi connectivity index (χ1v) is 11.8. The number of ether oxygens (including phenoxy) is 4. The molecule has 1 aliphatic heterocycles. The summed E-state index contributed by atoms with van der Waals surface area (Å²) in [5, 5.41) is 29.7. The minimum absolute atomic E-state index is 0.301. The lowest BCUT2D eigenvalue weighted by molar-refractivity contribution is -0.294. The van der Waals surface area contributed by atoms with Crippen LogP contribution in [0.1, 0.15) is 36.1 Å². The van der Waals surface area contributed by atoms with Gasteiger partial charge in [-0.1, -0.05) is 36.0 Å². The van der Waals surface area contributed by atoms with Crippen LogP contribution in [-0.2, 0) is 19.0 Å². The Labute approximate surface area is 213 Å². The number of hydrogen-bond acceptors (Lipinski definition) is 8. The Bertz CT molecular complexity index is 1030. The normalized spacial score (nSPS) is 25.6. The number of aliphatic hydroxyl groups excluding tert-OH is 3. The van der Waals surface area contributed by atoms with Gasteiger partial charge in [-0.25, -0.2) is 4.79 Å². The molecule has 0 radical (unpaired) electrons. The van der Waals surface area contributed by atoms with E-state index in [4.69, 9.17) is 18.9 Å². The van der Waals surface area contributed by atoms with Crippen molar-refractivity contribution in [2.75, 3.05) is 20.8 Å². The van der Waals surface area contributed by atoms with E-state index in [9.17, 15) is 20.1 Å². The summed E-state index contributed by atoms with van der Waals surface area (Å²) in [5.41, 5.74) is 6.30. The number of carbonyl (C=O) groups excluding carboxylic acids is 1. The lowest BCUT2D eigenvalue weighted by atomic mass is 9.96. The number of aliphatic hydroxyl groups is 3. The first kappa shape index (κ1) is 29.5. The largest absolute Gasteiger partial charge is 0.496 e. The maximum Gasteiger partial charge on any atom is 0.331 e. The zero-order valence-corrected chi connectivity index (χ0v) is 22.0. The molecule has 0 spiro atoms. The van der Waals surface area contributed by atoms with E-state index in [0.717, 1.165) is 28.0 Å². The molecule has 0 aliphatic carbocycles. The monoisotopic (exact) mass is 502 g/mol. The fraction of sp³-hybridized carbons (Fsp3) is 0.464. The fourth-order valence-corrected chi connectivity index (χ4v) is 3.84. The van der Waals surface area contributed by atoms with Gasteiger partial charge in [-0.15, -0.1) is 0 Å². The molecule has 36 heavy (non-hydrogen) atoms. The predicted octanol–water partition coefficient (Wildman–Crippen LogP) is 3.08. The van der Waals surface area contributed by atoms with Crippen LogP contribution in [0.15, 0.2) is 47.6 Å². The van der Waals surface area contributed by atoms with Crippen LogP contribution < -0.4 is 4.74 Å². The van der Waals surface area contributed by atoms with Crippen LogP contribution in [0.3, 0.4) is 0 Å². The zero-order chi connectivity index (χ0) is 27.0. The first-order valence-electron chi connectivity index (χ1n) is 11.8. The van der Waals surface area contributed by atoms with Gasteiger partial charge < -0.3 is 34.3 Å². The van der Waals surface area contributed by atoms with Crippen molar-refractivity contribution in [2.45, 2.75) is 65.3 Å². The average Bonchev–Trinajstić information content (AvgIpc) is 2.84. The highest BCUT2D eigenvalue weighted by Crippen LogP contribution is 2.28. The summed E-state index contributed by atoms with van der Waals surface area (Å²) in [4.78, 5) is 12.1. The van der Waals surface area contributed by atoms with Crippen molar-refractivity contribution >= 4 is 12.0 Å². The smallest absolute Gasteiger partial charge is 0.331 e. The summed E-state index contributed by atoms with van der Waals surface area (Å²) in [6, 6.07) is 2.04. The number of benzene rings is 1. The molecular formula is C28H38O8. The standard InChI is InChI=1S/C28H38O8/c1-16(11-12-21-18(3)14-22(33-6)20(5)19(21)4)9-8-10-17(2)13-24(29)35-15-23-25(30)26(31)27(32)28(34-7)36-23/h8-14,23,25-28,30-32H,15H2,1-7H3/t23-,25-,26+,27-,28+/m1/s1. The van der Waals surface area contributed by atoms with Gasteiger partial charge >= 0.3 is 5.97 Å². The van der Waals surface area contributed by atoms with Crippen molar-refractivity contribution in [3.63, 3.8) is 0 Å². The summed E-state index contributed by atoms with van der Waals surface area (Å²) in [6.45, 7) is 9.64. The van der Waals surface area contributed by atoms with Crippen molar-refractivity contribution in [2.24, 2.45) is 0 Å². The van der Waals surface area contributed by atoms with Crippen molar-refractivity contribution in [3.05, 3.63) is 69.8 Å². The Morgan fingerprint density at radius 1 is 1.00 bits per heavy atom. The minimum atomic E-state index is -1.47. The first-order chi connectivity index (χ1) is 17.0. The highest BCUT2D eigenvalue weighted by molar-refractivity contribution is 5.83. The van der Waals surface area contributed by atoms with Gasteiger partial charge in [0, 0.05) is 13.2 Å². The number of methoxy groups -OCH3 is 2. The van der Waals surface area contributed by atoms with E-state index in [1.807, 2.05) is 38.1 Å². The lowest BCUT2D eigenvalue weighted by Crippen LogP contribution is -2.59. The minimum Gasteiger partial charge on any atom is -0.496 e. The molecule has 0 amide bonds. The van der Waals surface area contributed by atoms with Gasteiger partial charge in [-0.05, 0) is 68.5 Å². The van der Waals surface area contributed by atoms with E-state index in [2.05, 4.69) is 19.9 Å². The number of esters is 1. The van der Waals surface area contributed by atoms with Gasteiger partial charge in [0.25, 0.3) is 0 Å². The number of carbonyl (C=O) groups is 1. The van der Waals surface area contributed by atoms with E-state index in [-0.39, 0.29) is 6.61 Å². The highest BCUT2D eigenvalue weighted by Gasteiger charge is 2.44. The van der Waals surface area contributed by atoms with Crippen LogP contribution in [0.5, 0.6) is 5.75 Å². The van der Waals surface area contributed by atoms with Crippen molar-refractivity contribution < 1.29 is 39.1 Å². The molecule has 1 aromatic rings. The number of aryl methyl sites for hydroxylation is 1. The van der Waals surface area contributed by atoms with Crippen molar-refractivity contribution in [1.29, 1.82) is 0 Å². The van der Waals surface area contributed by atoms with E-state index >= 15 is 0 Å². The zero-order valence-electron chi connectivity index (χ0n) is 22.0. The summed E-state index contributed by atoms with van der Waals surface area (Å²) in [6.07, 6.45) is 4.54. The van der Waals surface area contributed by atoms with E-state index in [1.165, 1.54) is 18.7 Å². The third-order valence-corrected chi connectivity index (χ3v) is 6.20. The molecule has 0 bridgehead atoms. The molecule has 8 heteroatoms. The van der Waals surface area contributed by atoms with Crippen LogP contribution in [-0.4, -0.2) is 72.8 Å². The molecule has 0 unspecified atom stereocenters. The Balaban J connectivity index is 1.95. The molecule has 1 fully saturated rings. The van der Waals surface area contributed by atoms with Crippen LogP contribution in [0.2, 0.25) is 0 Å². The topological polar surface area (TPSA) is 115 Å². The number of rotatable bonds is 9. The van der Waals surface area contributed by atoms with Crippen LogP contribution >= 0.6 is 0 Å². The Hall–Kier alpha value is -2.75. The van der Waals surface area contributed by atoms with E-state index < -0.39 is 36.7 Å². The molecule has 1 aliphatic rings. The molecule has 1 heterocycles. The predicted molar refractivity (Wildman–Crippen MR) is 138 cm³/mol. The molecule has 198 valence electrons. The molecule has 3 N–H and O–H groups in total. The van der Waals surface area contributed by atoms with Gasteiger partial charge in [0.1, 0.15) is 36.8 Å². The second-order valence-corrected chi connectivity index (χ2v) is 8.93. The number of hydrogen-bond donors (Lipinski definition) is 3. The van der Waals surface area contributed by atoms with E-state index in [0.29, 0.717) is 5.57 Å². The molecule has 5 atom stereocenters. The molecular weight excluding hydrogens is 464 g/mol. The fourth-order valence-electron chi connectivity index (χ4n) is 3.84. The summed E-state index contributed by atoms with van der Waals surface area (Å²) >= 11 is 0. The van der Waals surface area contributed by atoms with Gasteiger partial charge in [-0.3, -0.25) is 0 Å².